The van der Waals surface area contributed by atoms with Crippen LogP contribution in [0.15, 0.2) is 47.8 Å². The first-order valence-corrected chi connectivity index (χ1v) is 11.2. The summed E-state index contributed by atoms with van der Waals surface area (Å²) in [6.45, 7) is 0.600. The summed E-state index contributed by atoms with van der Waals surface area (Å²) < 4.78 is 25.1. The predicted octanol–water partition coefficient (Wildman–Crippen LogP) is 3.10. The molecule has 1 aliphatic heterocycles. The molecule has 0 saturated carbocycles. The average molecular weight is 392 g/mol. The maximum Gasteiger partial charge on any atom is 0.223 e. The number of nitrogens with zero attached hydrogens (tertiary/aromatic N) is 1. The first-order chi connectivity index (χ1) is 12.5. The molecule has 1 saturated heterocycles. The van der Waals surface area contributed by atoms with Crippen molar-refractivity contribution in [3.8, 4) is 0 Å². The molecule has 1 aromatic carbocycles. The third-order valence-corrected chi connectivity index (χ3v) is 7.86. The Morgan fingerprint density at radius 3 is 2.50 bits per heavy atom. The molecule has 1 amide bonds. The zero-order valence-electron chi connectivity index (χ0n) is 14.3. The minimum absolute atomic E-state index is 0.0338. The highest BCUT2D eigenvalue weighted by Gasteiger charge is 2.33. The van der Waals surface area contributed by atoms with Gasteiger partial charge in [-0.05, 0) is 17.9 Å². The van der Waals surface area contributed by atoms with Gasteiger partial charge in [0.05, 0.1) is 11.0 Å². The smallest absolute Gasteiger partial charge is 0.223 e. The van der Waals surface area contributed by atoms with Crippen LogP contribution in [0.4, 0.5) is 0 Å². The molecular formula is C19H21NO4S2. The zero-order chi connectivity index (χ0) is 18.6. The summed E-state index contributed by atoms with van der Waals surface area (Å²) in [6, 6.07) is 12.6. The maximum absolute atomic E-state index is 12.5. The summed E-state index contributed by atoms with van der Waals surface area (Å²) in [5.74, 6) is -0.261. The third kappa shape index (κ3) is 4.40. The van der Waals surface area contributed by atoms with E-state index in [0.29, 0.717) is 18.5 Å². The predicted molar refractivity (Wildman–Crippen MR) is 102 cm³/mol. The molecule has 1 aliphatic rings. The first kappa shape index (κ1) is 18.8. The Morgan fingerprint density at radius 1 is 1.04 bits per heavy atom. The summed E-state index contributed by atoms with van der Waals surface area (Å²) in [5, 5.41) is 1.33. The van der Waals surface area contributed by atoms with Gasteiger partial charge in [0.1, 0.15) is 0 Å². The Labute approximate surface area is 157 Å². The van der Waals surface area contributed by atoms with Crippen LogP contribution in [0, 0.1) is 0 Å². The number of hydrogen-bond donors (Lipinski definition) is 0. The molecule has 0 radical (unpaired) electrons. The van der Waals surface area contributed by atoms with Crippen LogP contribution in [-0.2, 0) is 14.6 Å². The minimum Gasteiger partial charge on any atom is -0.342 e. The van der Waals surface area contributed by atoms with E-state index in [0.717, 1.165) is 4.88 Å². The van der Waals surface area contributed by atoms with Crippen molar-refractivity contribution in [1.82, 2.24) is 4.90 Å². The van der Waals surface area contributed by atoms with E-state index >= 15 is 0 Å². The molecule has 0 spiro atoms. The lowest BCUT2D eigenvalue weighted by molar-refractivity contribution is -0.130. The van der Waals surface area contributed by atoms with Crippen molar-refractivity contribution in [2.75, 3.05) is 18.8 Å². The van der Waals surface area contributed by atoms with Crippen LogP contribution in [0.2, 0.25) is 0 Å². The molecule has 0 aliphatic carbocycles. The Bertz CT molecular complexity index is 860. The van der Waals surface area contributed by atoms with E-state index in [1.165, 1.54) is 11.3 Å². The highest BCUT2D eigenvalue weighted by atomic mass is 32.2. The van der Waals surface area contributed by atoms with Gasteiger partial charge in [0, 0.05) is 36.4 Å². The number of Topliss-reactive ketones (excluding diaryl/α,β-unsaturated/α-hetero) is 1. The highest BCUT2D eigenvalue weighted by Crippen LogP contribution is 2.32. The number of ketones is 1. The first-order valence-electron chi connectivity index (χ1n) is 8.58. The van der Waals surface area contributed by atoms with Crippen molar-refractivity contribution in [1.29, 1.82) is 0 Å². The molecular weight excluding hydrogens is 370 g/mol. The Morgan fingerprint density at radius 2 is 1.81 bits per heavy atom. The van der Waals surface area contributed by atoms with Crippen molar-refractivity contribution in [3.63, 3.8) is 0 Å². The van der Waals surface area contributed by atoms with Crippen molar-refractivity contribution >= 4 is 32.9 Å². The minimum atomic E-state index is -3.27. The number of carbonyl (C=O) groups excluding carboxylic acids is 2. The quantitative estimate of drug-likeness (QED) is 0.734. The number of thiophene rings is 1. The molecule has 3 rings (SSSR count). The molecule has 1 atom stereocenters. The van der Waals surface area contributed by atoms with Crippen molar-refractivity contribution in [2.45, 2.75) is 24.5 Å². The monoisotopic (exact) mass is 391 g/mol. The molecule has 1 unspecified atom stereocenters. The van der Waals surface area contributed by atoms with Crippen LogP contribution >= 0.6 is 11.3 Å². The van der Waals surface area contributed by atoms with Crippen LogP contribution in [-0.4, -0.2) is 43.9 Å². The standard InChI is InChI=1S/C19H21NO4S2/c21-16(15-5-2-1-3-6-15)8-9-19(22)20-11-10-18(17-7-4-13-25-17)26(23,24)14-12-20/h1-7,13,18H,8-12,14H2. The molecule has 2 aromatic rings. The maximum atomic E-state index is 12.5. The molecule has 5 nitrogen and oxygen atoms in total. The number of benzene rings is 1. The van der Waals surface area contributed by atoms with Gasteiger partial charge < -0.3 is 4.90 Å². The van der Waals surface area contributed by atoms with E-state index in [1.54, 1.807) is 29.2 Å². The van der Waals surface area contributed by atoms with Gasteiger partial charge in [-0.1, -0.05) is 36.4 Å². The summed E-state index contributed by atoms with van der Waals surface area (Å²) in [5.41, 5.74) is 0.594. The molecule has 0 bridgehead atoms. The van der Waals surface area contributed by atoms with Crippen molar-refractivity contribution in [2.24, 2.45) is 0 Å². The number of hydrogen-bond acceptors (Lipinski definition) is 5. The van der Waals surface area contributed by atoms with E-state index < -0.39 is 15.1 Å². The Balaban J connectivity index is 1.60. The number of rotatable bonds is 5. The van der Waals surface area contributed by atoms with Gasteiger partial charge in [-0.3, -0.25) is 9.59 Å². The largest absolute Gasteiger partial charge is 0.342 e. The van der Waals surface area contributed by atoms with Gasteiger partial charge in [-0.15, -0.1) is 11.3 Å². The Kier molecular flexibility index (Phi) is 5.88. The van der Waals surface area contributed by atoms with Crippen LogP contribution < -0.4 is 0 Å². The molecule has 7 heteroatoms. The van der Waals surface area contributed by atoms with Crippen molar-refractivity contribution in [3.05, 3.63) is 58.3 Å². The second-order valence-corrected chi connectivity index (χ2v) is 9.61. The molecule has 0 N–H and O–H groups in total. The number of amides is 1. The van der Waals surface area contributed by atoms with Gasteiger partial charge in [-0.25, -0.2) is 8.42 Å². The normalized spacial score (nSPS) is 19.7. The average Bonchev–Trinajstić information content (AvgIpc) is 3.11. The van der Waals surface area contributed by atoms with E-state index in [-0.39, 0.29) is 36.8 Å². The van der Waals surface area contributed by atoms with Crippen LogP contribution in [0.1, 0.15) is 39.7 Å². The molecule has 1 fully saturated rings. The summed E-state index contributed by atoms with van der Waals surface area (Å²) in [7, 11) is -3.27. The lowest BCUT2D eigenvalue weighted by Gasteiger charge is -2.19. The molecule has 138 valence electrons. The van der Waals surface area contributed by atoms with Gasteiger partial charge in [-0.2, -0.15) is 0 Å². The second kappa shape index (κ2) is 8.14. The number of carbonyl (C=O) groups is 2. The van der Waals surface area contributed by atoms with Gasteiger partial charge in [0.2, 0.25) is 5.91 Å². The van der Waals surface area contributed by atoms with E-state index in [1.807, 2.05) is 23.6 Å². The topological polar surface area (TPSA) is 71.5 Å². The molecule has 26 heavy (non-hydrogen) atoms. The Hall–Kier alpha value is -1.99. The fourth-order valence-electron chi connectivity index (χ4n) is 3.13. The molecule has 2 heterocycles. The van der Waals surface area contributed by atoms with Gasteiger partial charge in [0.25, 0.3) is 0 Å². The van der Waals surface area contributed by atoms with Crippen LogP contribution in [0.5, 0.6) is 0 Å². The lowest BCUT2D eigenvalue weighted by Crippen LogP contribution is -2.33. The van der Waals surface area contributed by atoms with Gasteiger partial charge in [0.15, 0.2) is 15.6 Å². The highest BCUT2D eigenvalue weighted by molar-refractivity contribution is 7.91. The SMILES string of the molecule is O=C(CCC(=O)N1CCC(c2cccs2)S(=O)(=O)CC1)c1ccccc1. The fraction of sp³-hybridized carbons (Fsp3) is 0.368. The summed E-state index contributed by atoms with van der Waals surface area (Å²) >= 11 is 1.44. The lowest BCUT2D eigenvalue weighted by atomic mass is 10.1. The number of sulfone groups is 1. The van der Waals surface area contributed by atoms with E-state index in [9.17, 15) is 18.0 Å². The zero-order valence-corrected chi connectivity index (χ0v) is 16.0. The van der Waals surface area contributed by atoms with E-state index in [4.69, 9.17) is 0 Å². The summed E-state index contributed by atoms with van der Waals surface area (Å²) in [6.07, 6.45) is 0.652. The van der Waals surface area contributed by atoms with E-state index in [2.05, 4.69) is 0 Å². The van der Waals surface area contributed by atoms with Crippen molar-refractivity contribution < 1.29 is 18.0 Å². The summed E-state index contributed by atoms with van der Waals surface area (Å²) in [4.78, 5) is 27.0. The second-order valence-electron chi connectivity index (χ2n) is 6.33. The third-order valence-electron chi connectivity index (χ3n) is 4.62. The van der Waals surface area contributed by atoms with Crippen LogP contribution in [0.3, 0.4) is 0 Å². The molecule has 1 aromatic heterocycles. The fourth-order valence-corrected chi connectivity index (χ4v) is 6.14. The van der Waals surface area contributed by atoms with Crippen LogP contribution in [0.25, 0.3) is 0 Å². The van der Waals surface area contributed by atoms with Gasteiger partial charge >= 0.3 is 0 Å².